The molecule has 1 N–H and O–H groups in total. The van der Waals surface area contributed by atoms with Gasteiger partial charge in [-0.1, -0.05) is 11.6 Å². The van der Waals surface area contributed by atoms with Crippen molar-refractivity contribution in [2.24, 2.45) is 0 Å². The lowest BCUT2D eigenvalue weighted by atomic mass is 10.2. The Kier molecular flexibility index (Phi) is 4.29. The number of carbonyl (C=O) groups excluding carboxylic acids is 1. The molecular weight excluding hydrogens is 300 g/mol. The summed E-state index contributed by atoms with van der Waals surface area (Å²) in [5.74, 6) is -0.434. The fourth-order valence-corrected chi connectivity index (χ4v) is 1.70. The molecule has 0 aliphatic carbocycles. The number of aromatic nitrogens is 2. The van der Waals surface area contributed by atoms with Crippen LogP contribution in [0.4, 0.5) is 11.4 Å². The van der Waals surface area contributed by atoms with E-state index in [-0.39, 0.29) is 28.0 Å². The summed E-state index contributed by atoms with van der Waals surface area (Å²) in [6.07, 6.45) is 1.15. The molecule has 0 fully saturated rings. The highest BCUT2D eigenvalue weighted by Gasteiger charge is 2.18. The molecule has 108 valence electrons. The fourth-order valence-electron chi connectivity index (χ4n) is 1.53. The first kappa shape index (κ1) is 14.7. The molecule has 1 aromatic carbocycles. The number of benzene rings is 1. The summed E-state index contributed by atoms with van der Waals surface area (Å²) in [6.45, 7) is 0. The monoisotopic (exact) mass is 308 g/mol. The molecule has 1 heterocycles. The molecule has 0 aliphatic rings. The Balaban J connectivity index is 2.30. The topological polar surface area (TPSA) is 107 Å². The van der Waals surface area contributed by atoms with E-state index >= 15 is 0 Å². The molecule has 0 radical (unpaired) electrons. The standard InChI is InChI=1S/C12H9ClN4O4/c1-21-11-5-9(14-6-15-11)12(18)16-8-4-7(13)2-3-10(8)17(19)20/h2-6H,1H3,(H,16,18). The van der Waals surface area contributed by atoms with Crippen molar-refractivity contribution in [3.8, 4) is 5.88 Å². The Hall–Kier alpha value is -2.74. The molecule has 0 aliphatic heterocycles. The van der Waals surface area contributed by atoms with Crippen molar-refractivity contribution >= 4 is 28.9 Å². The molecule has 0 spiro atoms. The number of nitro groups is 1. The van der Waals surface area contributed by atoms with Crippen LogP contribution >= 0.6 is 11.6 Å². The van der Waals surface area contributed by atoms with E-state index in [0.29, 0.717) is 0 Å². The van der Waals surface area contributed by atoms with Crippen LogP contribution in [0.1, 0.15) is 10.5 Å². The summed E-state index contributed by atoms with van der Waals surface area (Å²) in [5.41, 5.74) is -0.278. The van der Waals surface area contributed by atoms with Gasteiger partial charge in [0.15, 0.2) is 0 Å². The van der Waals surface area contributed by atoms with Gasteiger partial charge in [-0.2, -0.15) is 0 Å². The van der Waals surface area contributed by atoms with Crippen LogP contribution in [0.3, 0.4) is 0 Å². The largest absolute Gasteiger partial charge is 0.481 e. The second kappa shape index (κ2) is 6.14. The smallest absolute Gasteiger partial charge is 0.292 e. The number of amides is 1. The SMILES string of the molecule is COc1cc(C(=O)Nc2cc(Cl)ccc2[N+](=O)[O-])ncn1. The molecule has 0 atom stereocenters. The van der Waals surface area contributed by atoms with E-state index in [2.05, 4.69) is 15.3 Å². The number of hydrogen-bond acceptors (Lipinski definition) is 6. The minimum absolute atomic E-state index is 0.0103. The third kappa shape index (κ3) is 3.42. The number of nitro benzene ring substituents is 1. The Morgan fingerprint density at radius 1 is 1.38 bits per heavy atom. The van der Waals surface area contributed by atoms with Crippen LogP contribution in [0.15, 0.2) is 30.6 Å². The van der Waals surface area contributed by atoms with Gasteiger partial charge in [-0.3, -0.25) is 14.9 Å². The summed E-state index contributed by atoms with van der Waals surface area (Å²) in [5, 5.41) is 13.6. The van der Waals surface area contributed by atoms with Crippen molar-refractivity contribution in [2.75, 3.05) is 12.4 Å². The number of hydrogen-bond donors (Lipinski definition) is 1. The highest BCUT2D eigenvalue weighted by Crippen LogP contribution is 2.28. The summed E-state index contributed by atoms with van der Waals surface area (Å²) in [7, 11) is 1.39. The Bertz CT molecular complexity index is 707. The number of halogens is 1. The number of carbonyl (C=O) groups is 1. The van der Waals surface area contributed by atoms with Crippen LogP contribution in [0.25, 0.3) is 0 Å². The third-order valence-corrected chi connectivity index (χ3v) is 2.72. The van der Waals surface area contributed by atoms with Gasteiger partial charge in [0, 0.05) is 17.2 Å². The number of nitrogens with zero attached hydrogens (tertiary/aromatic N) is 3. The minimum atomic E-state index is -0.638. The van der Waals surface area contributed by atoms with Crippen LogP contribution in [0, 0.1) is 10.1 Å². The lowest BCUT2D eigenvalue weighted by Crippen LogP contribution is -2.15. The molecule has 1 aromatic heterocycles. The molecule has 0 saturated carbocycles. The van der Waals surface area contributed by atoms with E-state index in [9.17, 15) is 14.9 Å². The highest BCUT2D eigenvalue weighted by atomic mass is 35.5. The molecule has 2 aromatic rings. The van der Waals surface area contributed by atoms with Gasteiger partial charge in [-0.15, -0.1) is 0 Å². The second-order valence-electron chi connectivity index (χ2n) is 3.82. The van der Waals surface area contributed by atoms with E-state index in [1.54, 1.807) is 0 Å². The van der Waals surface area contributed by atoms with E-state index < -0.39 is 10.8 Å². The molecular formula is C12H9ClN4O4. The number of anilines is 1. The summed E-state index contributed by atoms with van der Waals surface area (Å²) in [6, 6.07) is 5.17. The van der Waals surface area contributed by atoms with Crippen LogP contribution in [-0.4, -0.2) is 27.9 Å². The van der Waals surface area contributed by atoms with Gasteiger partial charge in [-0.05, 0) is 12.1 Å². The zero-order valence-electron chi connectivity index (χ0n) is 10.7. The quantitative estimate of drug-likeness (QED) is 0.686. The molecule has 8 nitrogen and oxygen atoms in total. The molecule has 21 heavy (non-hydrogen) atoms. The fraction of sp³-hybridized carbons (Fsp3) is 0.0833. The number of nitrogens with one attached hydrogen (secondary N) is 1. The first-order chi connectivity index (χ1) is 10.0. The maximum atomic E-state index is 12.0. The van der Waals surface area contributed by atoms with Crippen LogP contribution in [-0.2, 0) is 0 Å². The third-order valence-electron chi connectivity index (χ3n) is 2.49. The number of ether oxygens (including phenoxy) is 1. The normalized spacial score (nSPS) is 10.0. The average molecular weight is 309 g/mol. The molecule has 2 rings (SSSR count). The van der Waals surface area contributed by atoms with E-state index in [1.165, 1.54) is 31.4 Å². The Labute approximate surface area is 123 Å². The Morgan fingerprint density at radius 3 is 2.81 bits per heavy atom. The van der Waals surface area contributed by atoms with Crippen molar-refractivity contribution < 1.29 is 14.5 Å². The van der Waals surface area contributed by atoms with Crippen LogP contribution in [0.5, 0.6) is 5.88 Å². The zero-order chi connectivity index (χ0) is 15.4. The molecule has 0 unspecified atom stereocenters. The van der Waals surface area contributed by atoms with Crippen molar-refractivity contribution in [3.05, 3.63) is 51.4 Å². The molecule has 1 amide bonds. The Morgan fingerprint density at radius 2 is 2.14 bits per heavy atom. The zero-order valence-corrected chi connectivity index (χ0v) is 11.5. The molecule has 9 heteroatoms. The first-order valence-electron chi connectivity index (χ1n) is 5.62. The maximum Gasteiger partial charge on any atom is 0.292 e. The second-order valence-corrected chi connectivity index (χ2v) is 4.25. The van der Waals surface area contributed by atoms with Gasteiger partial charge < -0.3 is 10.1 Å². The van der Waals surface area contributed by atoms with Crippen molar-refractivity contribution in [3.63, 3.8) is 0 Å². The molecule has 0 bridgehead atoms. The van der Waals surface area contributed by atoms with Gasteiger partial charge in [-0.25, -0.2) is 9.97 Å². The van der Waals surface area contributed by atoms with Crippen LogP contribution < -0.4 is 10.1 Å². The predicted molar refractivity (Wildman–Crippen MR) is 74.6 cm³/mol. The lowest BCUT2D eigenvalue weighted by Gasteiger charge is -2.06. The number of rotatable bonds is 4. The van der Waals surface area contributed by atoms with Crippen molar-refractivity contribution in [1.82, 2.24) is 9.97 Å². The average Bonchev–Trinajstić information content (AvgIpc) is 2.47. The van der Waals surface area contributed by atoms with E-state index in [4.69, 9.17) is 16.3 Å². The van der Waals surface area contributed by atoms with Gasteiger partial charge >= 0.3 is 0 Å². The van der Waals surface area contributed by atoms with E-state index in [0.717, 1.165) is 6.33 Å². The summed E-state index contributed by atoms with van der Waals surface area (Å²) in [4.78, 5) is 29.9. The van der Waals surface area contributed by atoms with Crippen molar-refractivity contribution in [2.45, 2.75) is 0 Å². The number of methoxy groups -OCH3 is 1. The van der Waals surface area contributed by atoms with Gasteiger partial charge in [0.25, 0.3) is 11.6 Å². The first-order valence-corrected chi connectivity index (χ1v) is 6.00. The lowest BCUT2D eigenvalue weighted by molar-refractivity contribution is -0.383. The highest BCUT2D eigenvalue weighted by molar-refractivity contribution is 6.31. The van der Waals surface area contributed by atoms with Gasteiger partial charge in [0.1, 0.15) is 17.7 Å². The molecule has 0 saturated heterocycles. The summed E-state index contributed by atoms with van der Waals surface area (Å²) < 4.78 is 4.88. The predicted octanol–water partition coefficient (Wildman–Crippen LogP) is 2.30. The maximum absolute atomic E-state index is 12.0. The van der Waals surface area contributed by atoms with E-state index in [1.807, 2.05) is 0 Å². The van der Waals surface area contributed by atoms with Crippen LogP contribution in [0.2, 0.25) is 5.02 Å². The van der Waals surface area contributed by atoms with Gasteiger partial charge in [0.2, 0.25) is 5.88 Å². The summed E-state index contributed by atoms with van der Waals surface area (Å²) >= 11 is 5.78. The minimum Gasteiger partial charge on any atom is -0.481 e. The van der Waals surface area contributed by atoms with Crippen molar-refractivity contribution in [1.29, 1.82) is 0 Å². The van der Waals surface area contributed by atoms with Gasteiger partial charge in [0.05, 0.1) is 12.0 Å².